The minimum absolute atomic E-state index is 1.08. The third-order valence-corrected chi connectivity index (χ3v) is 1.88. The van der Waals surface area contributed by atoms with Gasteiger partial charge >= 0.3 is 64.9 Å². The van der Waals surface area contributed by atoms with Crippen molar-refractivity contribution in [3.63, 3.8) is 0 Å². The van der Waals surface area contributed by atoms with Crippen molar-refractivity contribution in [3.8, 4) is 11.1 Å². The number of hydrogen-bond acceptors (Lipinski definition) is 0. The molecule has 0 N–H and O–H groups in total. The summed E-state index contributed by atoms with van der Waals surface area (Å²) < 4.78 is 59.2. The first-order chi connectivity index (χ1) is 9.83. The molecule has 0 aromatic heterocycles. The number of rotatable bonds is 1. The van der Waals surface area contributed by atoms with E-state index in [-0.39, 0.29) is 0 Å². The maximum atomic E-state index is 9.87. The molecular weight excluding hydrogens is 524 g/mol. The van der Waals surface area contributed by atoms with E-state index in [0.29, 0.717) is 0 Å². The summed E-state index contributed by atoms with van der Waals surface area (Å²) >= 11 is 2.15. The van der Waals surface area contributed by atoms with E-state index in [0.717, 1.165) is 6.82 Å². The first-order valence-electron chi connectivity index (χ1n) is 5.75. The molecule has 0 radical (unpaired) electrons. The molecule has 0 bridgehead atoms. The van der Waals surface area contributed by atoms with E-state index in [2.05, 4.69) is 73.6 Å². The van der Waals surface area contributed by atoms with Crippen LogP contribution in [0.3, 0.4) is 0 Å². The van der Waals surface area contributed by atoms with Crippen LogP contribution >= 0.6 is 14.6 Å². The SMILES string of the molecule is C[PH][Ir].F[P-](F)(F)(F)(F)F.c1ccc(-c2ccccc2)cc1. The molecule has 1 atom stereocenters. The zero-order chi connectivity index (χ0) is 17.3. The Morgan fingerprint density at radius 2 is 0.864 bits per heavy atom. The molecule has 0 spiro atoms. The third kappa shape index (κ3) is 17.6. The second-order valence-corrected chi connectivity index (χ2v) is 9.70. The van der Waals surface area contributed by atoms with E-state index in [1.807, 2.05) is 12.1 Å². The first-order valence-corrected chi connectivity index (χ1v) is 12.7. The molecule has 0 aliphatic carbocycles. The molecule has 2 aromatic carbocycles. The monoisotopic (exact) mass is 539 g/mol. The van der Waals surface area contributed by atoms with Gasteiger partial charge in [-0.1, -0.05) is 60.7 Å². The molecule has 0 nitrogen and oxygen atoms in total. The van der Waals surface area contributed by atoms with Crippen LogP contribution in [0.4, 0.5) is 25.2 Å². The molecule has 0 amide bonds. The van der Waals surface area contributed by atoms with Gasteiger partial charge in [-0.15, -0.1) is 0 Å². The summed E-state index contributed by atoms with van der Waals surface area (Å²) in [5.41, 5.74) is 2.55. The largest absolute Gasteiger partial charge is 0.0622 e. The standard InChI is InChI=1S/C12H10.CH4P.F6P.Ir/c1-3-7-11(8-4-1)12-9-5-2-6-10-12;1-2;1-7(2,3,4,5)6;/h1-10H;2H,1H3;;/q;2*-1;+1. The molecule has 9 heteroatoms. The molecule has 0 heterocycles. The topological polar surface area (TPSA) is 0 Å². The fraction of sp³-hybridized carbons (Fsp3) is 0.0769. The van der Waals surface area contributed by atoms with Crippen LogP contribution in [-0.4, -0.2) is 6.66 Å². The second-order valence-electron chi connectivity index (χ2n) is 3.86. The molecule has 2 aromatic rings. The number of hydrogen-bond donors (Lipinski definition) is 0. The van der Waals surface area contributed by atoms with Crippen LogP contribution in [0.15, 0.2) is 60.7 Å². The van der Waals surface area contributed by atoms with E-state index >= 15 is 0 Å². The molecule has 2 rings (SSSR count). The van der Waals surface area contributed by atoms with E-state index < -0.39 is 7.81 Å². The molecule has 22 heavy (non-hydrogen) atoms. The van der Waals surface area contributed by atoms with E-state index in [9.17, 15) is 25.2 Å². The summed E-state index contributed by atoms with van der Waals surface area (Å²) in [4.78, 5) is 0. The Bertz CT molecular complexity index is 493. The molecule has 0 saturated carbocycles. The van der Waals surface area contributed by atoms with Gasteiger partial charge in [0.25, 0.3) is 0 Å². The zero-order valence-electron chi connectivity index (χ0n) is 11.3. The Hall–Kier alpha value is -0.471. The van der Waals surface area contributed by atoms with Crippen LogP contribution in [0, 0.1) is 0 Å². The predicted molar refractivity (Wildman–Crippen MR) is 79.7 cm³/mol. The van der Waals surface area contributed by atoms with E-state index in [1.54, 1.807) is 0 Å². The Balaban J connectivity index is 0.000000379. The molecule has 0 fully saturated rings. The van der Waals surface area contributed by atoms with Crippen LogP contribution in [0.5, 0.6) is 0 Å². The second kappa shape index (κ2) is 7.88. The molecule has 0 aliphatic heterocycles. The predicted octanol–water partition coefficient (Wildman–Crippen LogP) is 7.49. The average molecular weight is 538 g/mol. The number of halogens is 6. The number of benzene rings is 2. The van der Waals surface area contributed by atoms with Gasteiger partial charge in [0.15, 0.2) is 0 Å². The smallest absolute Gasteiger partial charge is 0.0184 e. The Morgan fingerprint density at radius 1 is 0.682 bits per heavy atom. The van der Waals surface area contributed by atoms with Crippen LogP contribution in [-0.2, 0) is 18.4 Å². The minimum Gasteiger partial charge on any atom is -0.0622 e. The van der Waals surface area contributed by atoms with Crippen molar-refractivity contribution >= 4 is 14.6 Å². The Labute approximate surface area is 137 Å². The molecule has 128 valence electrons. The van der Waals surface area contributed by atoms with Crippen molar-refractivity contribution in [2.75, 3.05) is 6.66 Å². The van der Waals surface area contributed by atoms with Crippen LogP contribution in [0.25, 0.3) is 11.1 Å². The maximum absolute atomic E-state index is 10.7. The molecule has 0 saturated heterocycles. The average Bonchev–Trinajstić information content (AvgIpc) is 2.38. The maximum Gasteiger partial charge on any atom is -0.0184 e. The first kappa shape index (κ1) is 21.5. The van der Waals surface area contributed by atoms with Gasteiger partial charge in [-0.25, -0.2) is 0 Å². The summed E-state index contributed by atoms with van der Waals surface area (Å²) in [6.07, 6.45) is 0. The Kier molecular flexibility index (Phi) is 7.71. The van der Waals surface area contributed by atoms with E-state index in [1.165, 1.54) is 11.1 Å². The fourth-order valence-electron chi connectivity index (χ4n) is 1.26. The molecule has 0 aliphatic rings. The van der Waals surface area contributed by atoms with Crippen LogP contribution in [0.1, 0.15) is 0 Å². The summed E-state index contributed by atoms with van der Waals surface area (Å²) in [5.74, 6) is 0. The minimum atomic E-state index is -10.7. The van der Waals surface area contributed by atoms with Crippen molar-refractivity contribution in [3.05, 3.63) is 60.7 Å². The summed E-state index contributed by atoms with van der Waals surface area (Å²) in [5, 5.41) is 0. The quantitative estimate of drug-likeness (QED) is 0.261. The van der Waals surface area contributed by atoms with Crippen molar-refractivity contribution in [1.29, 1.82) is 0 Å². The summed E-state index contributed by atoms with van der Waals surface area (Å²) in [6, 6.07) is 20.8. The molecular formula is C13H14F6IrP2-. The van der Waals surface area contributed by atoms with Crippen molar-refractivity contribution in [2.45, 2.75) is 0 Å². The van der Waals surface area contributed by atoms with Crippen LogP contribution in [0.2, 0.25) is 0 Å². The summed E-state index contributed by atoms with van der Waals surface area (Å²) in [6.45, 7) is 3.24. The van der Waals surface area contributed by atoms with Gasteiger partial charge < -0.3 is 0 Å². The third-order valence-electron chi connectivity index (χ3n) is 1.88. The summed E-state index contributed by atoms with van der Waals surface area (Å²) in [7, 11) is -10.7. The van der Waals surface area contributed by atoms with Gasteiger partial charge in [-0.05, 0) is 11.1 Å². The van der Waals surface area contributed by atoms with Crippen molar-refractivity contribution < 1.29 is 43.6 Å². The van der Waals surface area contributed by atoms with Gasteiger partial charge in [0, 0.05) is 0 Å². The van der Waals surface area contributed by atoms with Gasteiger partial charge in [0.2, 0.25) is 0 Å². The zero-order valence-corrected chi connectivity index (χ0v) is 15.6. The fourth-order valence-corrected chi connectivity index (χ4v) is 1.26. The van der Waals surface area contributed by atoms with Gasteiger partial charge in [-0.3, -0.25) is 0 Å². The molecule has 1 unspecified atom stereocenters. The van der Waals surface area contributed by atoms with Crippen LogP contribution < -0.4 is 0 Å². The van der Waals surface area contributed by atoms with Gasteiger partial charge in [-0.2, -0.15) is 0 Å². The Morgan fingerprint density at radius 3 is 1.05 bits per heavy atom. The van der Waals surface area contributed by atoms with Gasteiger partial charge in [0.1, 0.15) is 0 Å². The normalized spacial score (nSPS) is 14.0. The van der Waals surface area contributed by atoms with Crippen molar-refractivity contribution in [2.24, 2.45) is 0 Å². The van der Waals surface area contributed by atoms with E-state index in [4.69, 9.17) is 0 Å². The van der Waals surface area contributed by atoms with Gasteiger partial charge in [0.05, 0.1) is 0 Å². The van der Waals surface area contributed by atoms with Crippen molar-refractivity contribution in [1.82, 2.24) is 0 Å².